The highest BCUT2D eigenvalue weighted by atomic mass is 16.5. The van der Waals surface area contributed by atoms with Crippen molar-refractivity contribution in [2.24, 2.45) is 0 Å². The molecule has 1 aromatic rings. The second-order valence-corrected chi connectivity index (χ2v) is 5.32. The second kappa shape index (κ2) is 7.89. The number of amides is 2. The van der Waals surface area contributed by atoms with Crippen LogP contribution in [0.4, 0.5) is 10.5 Å². The Morgan fingerprint density at radius 2 is 2.00 bits per heavy atom. The maximum Gasteiger partial charge on any atom is 0.322 e. The Morgan fingerprint density at radius 3 is 2.59 bits per heavy atom. The van der Waals surface area contributed by atoms with Gasteiger partial charge < -0.3 is 24.8 Å². The van der Waals surface area contributed by atoms with E-state index in [0.29, 0.717) is 30.2 Å². The zero-order valence-corrected chi connectivity index (χ0v) is 13.2. The van der Waals surface area contributed by atoms with Crippen molar-refractivity contribution in [2.75, 3.05) is 32.7 Å². The summed E-state index contributed by atoms with van der Waals surface area (Å²) in [4.78, 5) is 14.4. The van der Waals surface area contributed by atoms with Crippen molar-refractivity contribution >= 4 is 11.7 Å². The van der Waals surface area contributed by atoms with E-state index in [2.05, 4.69) is 5.32 Å². The number of hydrogen-bond donors (Lipinski definition) is 2. The molecule has 1 aliphatic heterocycles. The number of para-hydroxylation sites is 1. The molecule has 1 saturated heterocycles. The summed E-state index contributed by atoms with van der Waals surface area (Å²) in [6.07, 6.45) is 3.61. The Morgan fingerprint density at radius 1 is 1.32 bits per heavy atom. The molecule has 1 atom stereocenters. The van der Waals surface area contributed by atoms with Gasteiger partial charge in [0.25, 0.3) is 0 Å². The fourth-order valence-electron chi connectivity index (χ4n) is 2.87. The molecule has 6 heteroatoms. The van der Waals surface area contributed by atoms with Crippen LogP contribution in [0, 0.1) is 0 Å². The number of nitrogens with zero attached hydrogens (tertiary/aromatic N) is 1. The van der Waals surface area contributed by atoms with Gasteiger partial charge in [0.05, 0.1) is 14.2 Å². The van der Waals surface area contributed by atoms with Gasteiger partial charge in [-0.05, 0) is 37.8 Å². The largest absolute Gasteiger partial charge is 0.494 e. The van der Waals surface area contributed by atoms with Crippen LogP contribution in [0.5, 0.6) is 11.5 Å². The number of urea groups is 1. The summed E-state index contributed by atoms with van der Waals surface area (Å²) in [5, 5.41) is 12.1. The van der Waals surface area contributed by atoms with Crippen LogP contribution >= 0.6 is 0 Å². The molecule has 0 bridgehead atoms. The third-order valence-electron chi connectivity index (χ3n) is 4.01. The number of nitrogens with one attached hydrogen (secondary N) is 1. The van der Waals surface area contributed by atoms with Crippen molar-refractivity contribution in [3.8, 4) is 11.5 Å². The average Bonchev–Trinajstić information content (AvgIpc) is 2.55. The topological polar surface area (TPSA) is 71.0 Å². The summed E-state index contributed by atoms with van der Waals surface area (Å²) in [5.41, 5.74) is 0.533. The van der Waals surface area contributed by atoms with E-state index in [9.17, 15) is 9.90 Å². The number of methoxy groups -OCH3 is 2. The number of anilines is 1. The zero-order valence-electron chi connectivity index (χ0n) is 13.2. The quantitative estimate of drug-likeness (QED) is 0.876. The van der Waals surface area contributed by atoms with Gasteiger partial charge in [-0.25, -0.2) is 4.79 Å². The van der Waals surface area contributed by atoms with E-state index < -0.39 is 0 Å². The fourth-order valence-corrected chi connectivity index (χ4v) is 2.87. The molecule has 0 spiro atoms. The van der Waals surface area contributed by atoms with Gasteiger partial charge in [0, 0.05) is 19.2 Å². The second-order valence-electron chi connectivity index (χ2n) is 5.32. The molecule has 2 rings (SSSR count). The molecule has 2 amide bonds. The number of benzene rings is 1. The minimum atomic E-state index is -0.180. The fraction of sp³-hybridized carbons (Fsp3) is 0.562. The van der Waals surface area contributed by atoms with Crippen LogP contribution in [0.2, 0.25) is 0 Å². The lowest BCUT2D eigenvalue weighted by Crippen LogP contribution is -2.46. The van der Waals surface area contributed by atoms with Crippen LogP contribution in [-0.4, -0.2) is 49.5 Å². The average molecular weight is 308 g/mol. The third-order valence-corrected chi connectivity index (χ3v) is 4.01. The first kappa shape index (κ1) is 16.4. The summed E-state index contributed by atoms with van der Waals surface area (Å²) in [7, 11) is 3.11. The van der Waals surface area contributed by atoms with Crippen molar-refractivity contribution in [1.29, 1.82) is 0 Å². The molecular formula is C16H24N2O4. The van der Waals surface area contributed by atoms with Crippen LogP contribution in [0.3, 0.4) is 0 Å². The molecule has 2 N–H and O–H groups in total. The highest BCUT2D eigenvalue weighted by molar-refractivity contribution is 5.93. The lowest BCUT2D eigenvalue weighted by molar-refractivity contribution is 0.141. The highest BCUT2D eigenvalue weighted by Gasteiger charge is 2.27. The molecule has 0 radical (unpaired) electrons. The molecule has 1 unspecified atom stereocenters. The Hall–Kier alpha value is -1.95. The van der Waals surface area contributed by atoms with Crippen LogP contribution in [0.15, 0.2) is 18.2 Å². The van der Waals surface area contributed by atoms with Crippen molar-refractivity contribution < 1.29 is 19.4 Å². The molecule has 1 aliphatic rings. The van der Waals surface area contributed by atoms with Crippen molar-refractivity contribution in [3.63, 3.8) is 0 Å². The number of carbonyl (C=O) groups is 1. The number of aliphatic hydroxyl groups excluding tert-OH is 1. The number of piperidine rings is 1. The van der Waals surface area contributed by atoms with Gasteiger partial charge in [-0.1, -0.05) is 6.07 Å². The monoisotopic (exact) mass is 308 g/mol. The zero-order chi connectivity index (χ0) is 15.9. The number of aliphatic hydroxyl groups is 1. The summed E-state index contributed by atoms with van der Waals surface area (Å²) < 4.78 is 10.6. The number of likely N-dealkylation sites (tertiary alicyclic amines) is 1. The van der Waals surface area contributed by atoms with E-state index in [0.717, 1.165) is 19.3 Å². The summed E-state index contributed by atoms with van der Waals surface area (Å²) >= 11 is 0. The number of hydrogen-bond acceptors (Lipinski definition) is 4. The first-order valence-electron chi connectivity index (χ1n) is 7.60. The van der Waals surface area contributed by atoms with Gasteiger partial charge >= 0.3 is 6.03 Å². The Kier molecular flexibility index (Phi) is 5.89. The van der Waals surface area contributed by atoms with Gasteiger partial charge in [-0.15, -0.1) is 0 Å². The van der Waals surface area contributed by atoms with E-state index in [1.807, 2.05) is 6.07 Å². The molecule has 1 fully saturated rings. The normalized spacial score (nSPS) is 18.0. The SMILES string of the molecule is COc1cccc(OC)c1NC(=O)N1CCCCC1CCO. The maximum absolute atomic E-state index is 12.6. The lowest BCUT2D eigenvalue weighted by Gasteiger charge is -2.35. The minimum absolute atomic E-state index is 0.0828. The molecule has 122 valence electrons. The van der Waals surface area contributed by atoms with Gasteiger partial charge in [0.15, 0.2) is 0 Å². The summed E-state index contributed by atoms with van der Waals surface area (Å²) in [5.74, 6) is 1.12. The Bertz CT molecular complexity index is 483. The van der Waals surface area contributed by atoms with Gasteiger partial charge in [0.2, 0.25) is 0 Å². The lowest BCUT2D eigenvalue weighted by atomic mass is 10.0. The minimum Gasteiger partial charge on any atom is -0.494 e. The first-order valence-corrected chi connectivity index (χ1v) is 7.60. The van der Waals surface area contributed by atoms with Gasteiger partial charge in [0.1, 0.15) is 17.2 Å². The van der Waals surface area contributed by atoms with E-state index in [1.54, 1.807) is 31.3 Å². The predicted octanol–water partition coefficient (Wildman–Crippen LogP) is 2.47. The van der Waals surface area contributed by atoms with Crippen LogP contribution in [0.25, 0.3) is 0 Å². The molecule has 0 aliphatic carbocycles. The summed E-state index contributed by atoms with van der Waals surface area (Å²) in [6.45, 7) is 0.792. The number of ether oxygens (including phenoxy) is 2. The molecular weight excluding hydrogens is 284 g/mol. The van der Waals surface area contributed by atoms with Crippen molar-refractivity contribution in [3.05, 3.63) is 18.2 Å². The van der Waals surface area contributed by atoms with Crippen molar-refractivity contribution in [1.82, 2.24) is 4.90 Å². The number of rotatable bonds is 5. The molecule has 22 heavy (non-hydrogen) atoms. The summed E-state index contributed by atoms with van der Waals surface area (Å²) in [6, 6.07) is 5.27. The molecule has 1 heterocycles. The molecule has 0 saturated carbocycles. The molecule has 6 nitrogen and oxygen atoms in total. The van der Waals surface area contributed by atoms with Crippen LogP contribution < -0.4 is 14.8 Å². The third kappa shape index (κ3) is 3.62. The molecule has 0 aromatic heterocycles. The highest BCUT2D eigenvalue weighted by Crippen LogP contribution is 2.34. The smallest absolute Gasteiger partial charge is 0.322 e. The van der Waals surface area contributed by atoms with Gasteiger partial charge in [-0.2, -0.15) is 0 Å². The van der Waals surface area contributed by atoms with Crippen molar-refractivity contribution in [2.45, 2.75) is 31.7 Å². The first-order chi connectivity index (χ1) is 10.7. The predicted molar refractivity (Wildman–Crippen MR) is 84.6 cm³/mol. The van der Waals surface area contributed by atoms with E-state index in [-0.39, 0.29) is 18.7 Å². The van der Waals surface area contributed by atoms with Crippen LogP contribution in [0.1, 0.15) is 25.7 Å². The van der Waals surface area contributed by atoms with E-state index >= 15 is 0 Å². The van der Waals surface area contributed by atoms with E-state index in [4.69, 9.17) is 9.47 Å². The van der Waals surface area contributed by atoms with Crippen LogP contribution in [-0.2, 0) is 0 Å². The number of carbonyl (C=O) groups excluding carboxylic acids is 1. The Labute approximate surface area is 131 Å². The standard InChI is InChI=1S/C16H24N2O4/c1-21-13-7-5-8-14(22-2)15(13)17-16(20)18-10-4-3-6-12(18)9-11-19/h5,7-8,12,19H,3-4,6,9-11H2,1-2H3,(H,17,20). The Balaban J connectivity index is 2.17. The van der Waals surface area contributed by atoms with Gasteiger partial charge in [-0.3, -0.25) is 0 Å². The maximum atomic E-state index is 12.6. The molecule has 1 aromatic carbocycles. The van der Waals surface area contributed by atoms with E-state index in [1.165, 1.54) is 0 Å².